The molecule has 3 nitrogen and oxygen atoms in total. The Bertz CT molecular complexity index is 164. The summed E-state index contributed by atoms with van der Waals surface area (Å²) in [5.41, 5.74) is 1.13. The summed E-state index contributed by atoms with van der Waals surface area (Å²) < 4.78 is 10.2. The Kier molecular flexibility index (Phi) is 8.93. The Morgan fingerprint density at radius 2 is 2.15 bits per heavy atom. The van der Waals surface area contributed by atoms with E-state index < -0.39 is 0 Å². The van der Waals surface area contributed by atoms with Crippen molar-refractivity contribution in [3.63, 3.8) is 0 Å². The Labute approximate surface area is 80.5 Å². The average molecular weight is 185 g/mol. The van der Waals surface area contributed by atoms with Crippen molar-refractivity contribution in [2.24, 2.45) is 4.99 Å². The summed E-state index contributed by atoms with van der Waals surface area (Å²) in [4.78, 5) is 3.95. The maximum absolute atomic E-state index is 5.36. The third-order valence-corrected chi connectivity index (χ3v) is 1.46. The molecule has 0 fully saturated rings. The first-order valence-corrected chi connectivity index (χ1v) is 4.53. The second-order valence-electron chi connectivity index (χ2n) is 2.62. The van der Waals surface area contributed by atoms with E-state index in [1.807, 2.05) is 6.21 Å². The molecular formula is C10H19NO2. The lowest BCUT2D eigenvalue weighted by molar-refractivity contribution is 0.0838. The van der Waals surface area contributed by atoms with Crippen LogP contribution in [-0.4, -0.2) is 40.2 Å². The number of nitrogens with zero attached hydrogens (tertiary/aromatic N) is 1. The topological polar surface area (TPSA) is 30.8 Å². The number of aliphatic imine (C=N–C) groups is 1. The van der Waals surface area contributed by atoms with Crippen LogP contribution in [-0.2, 0) is 9.47 Å². The SMILES string of the molecule is CC/C=C(\C=NC)COCCOC. The minimum Gasteiger partial charge on any atom is -0.382 e. The highest BCUT2D eigenvalue weighted by Crippen LogP contribution is 1.94. The Morgan fingerprint density at radius 1 is 1.38 bits per heavy atom. The average Bonchev–Trinajstić information content (AvgIpc) is 2.13. The Morgan fingerprint density at radius 3 is 2.69 bits per heavy atom. The van der Waals surface area contributed by atoms with Crippen LogP contribution in [0.3, 0.4) is 0 Å². The summed E-state index contributed by atoms with van der Waals surface area (Å²) >= 11 is 0. The number of methoxy groups -OCH3 is 1. The lowest BCUT2D eigenvalue weighted by atomic mass is 10.2. The summed E-state index contributed by atoms with van der Waals surface area (Å²) in [6, 6.07) is 0. The highest BCUT2D eigenvalue weighted by Gasteiger charge is 1.92. The van der Waals surface area contributed by atoms with Crippen molar-refractivity contribution in [3.05, 3.63) is 11.6 Å². The van der Waals surface area contributed by atoms with Crippen molar-refractivity contribution in [1.82, 2.24) is 0 Å². The molecule has 0 heterocycles. The first-order valence-electron chi connectivity index (χ1n) is 4.53. The fourth-order valence-corrected chi connectivity index (χ4v) is 0.909. The summed E-state index contributed by atoms with van der Waals surface area (Å²) in [5.74, 6) is 0. The van der Waals surface area contributed by atoms with Crippen LogP contribution >= 0.6 is 0 Å². The molecule has 0 spiro atoms. The van der Waals surface area contributed by atoms with Gasteiger partial charge in [-0.25, -0.2) is 0 Å². The number of hydrogen-bond acceptors (Lipinski definition) is 3. The lowest BCUT2D eigenvalue weighted by Crippen LogP contribution is -2.05. The van der Waals surface area contributed by atoms with Crippen molar-refractivity contribution < 1.29 is 9.47 Å². The van der Waals surface area contributed by atoms with Crippen LogP contribution in [0.2, 0.25) is 0 Å². The molecule has 0 rings (SSSR count). The predicted molar refractivity (Wildman–Crippen MR) is 55.5 cm³/mol. The van der Waals surface area contributed by atoms with Crippen molar-refractivity contribution in [2.75, 3.05) is 34.0 Å². The van der Waals surface area contributed by atoms with Crippen LogP contribution in [0.15, 0.2) is 16.6 Å². The highest BCUT2D eigenvalue weighted by molar-refractivity contribution is 5.78. The van der Waals surface area contributed by atoms with Gasteiger partial charge in [-0.1, -0.05) is 13.0 Å². The van der Waals surface area contributed by atoms with E-state index in [0.717, 1.165) is 12.0 Å². The van der Waals surface area contributed by atoms with E-state index >= 15 is 0 Å². The normalized spacial score (nSPS) is 12.7. The van der Waals surface area contributed by atoms with Crippen molar-refractivity contribution in [2.45, 2.75) is 13.3 Å². The van der Waals surface area contributed by atoms with Crippen molar-refractivity contribution in [1.29, 1.82) is 0 Å². The number of allylic oxidation sites excluding steroid dienone is 1. The van der Waals surface area contributed by atoms with Gasteiger partial charge >= 0.3 is 0 Å². The molecule has 76 valence electrons. The smallest absolute Gasteiger partial charge is 0.0729 e. The van der Waals surface area contributed by atoms with Gasteiger partial charge in [0.15, 0.2) is 0 Å². The van der Waals surface area contributed by atoms with Crippen molar-refractivity contribution >= 4 is 6.21 Å². The molecule has 0 amide bonds. The van der Waals surface area contributed by atoms with E-state index in [1.54, 1.807) is 14.2 Å². The maximum Gasteiger partial charge on any atom is 0.0729 e. The van der Waals surface area contributed by atoms with Gasteiger partial charge in [0.2, 0.25) is 0 Å². The van der Waals surface area contributed by atoms with Crippen LogP contribution in [0.5, 0.6) is 0 Å². The van der Waals surface area contributed by atoms with Gasteiger partial charge < -0.3 is 9.47 Å². The van der Waals surface area contributed by atoms with Gasteiger partial charge in [-0.2, -0.15) is 0 Å². The van der Waals surface area contributed by atoms with E-state index in [4.69, 9.17) is 9.47 Å². The second-order valence-corrected chi connectivity index (χ2v) is 2.62. The molecule has 0 aliphatic carbocycles. The molecule has 0 N–H and O–H groups in total. The zero-order chi connectivity index (χ0) is 9.94. The van der Waals surface area contributed by atoms with Gasteiger partial charge in [-0.05, 0) is 12.0 Å². The van der Waals surface area contributed by atoms with Crippen LogP contribution < -0.4 is 0 Å². The van der Waals surface area contributed by atoms with Crippen LogP contribution in [0.25, 0.3) is 0 Å². The predicted octanol–water partition coefficient (Wildman–Crippen LogP) is 1.69. The van der Waals surface area contributed by atoms with Crippen LogP contribution in [0.1, 0.15) is 13.3 Å². The van der Waals surface area contributed by atoms with Gasteiger partial charge in [0.25, 0.3) is 0 Å². The summed E-state index contributed by atoms with van der Waals surface area (Å²) in [6.45, 7) is 3.99. The Hall–Kier alpha value is -0.670. The second kappa shape index (κ2) is 9.42. The van der Waals surface area contributed by atoms with Gasteiger partial charge in [0.1, 0.15) is 0 Å². The monoisotopic (exact) mass is 185 g/mol. The van der Waals surface area contributed by atoms with Gasteiger partial charge in [-0.3, -0.25) is 4.99 Å². The quantitative estimate of drug-likeness (QED) is 0.446. The molecular weight excluding hydrogens is 166 g/mol. The minimum absolute atomic E-state index is 0.620. The molecule has 0 aliphatic rings. The lowest BCUT2D eigenvalue weighted by Gasteiger charge is -2.03. The largest absolute Gasteiger partial charge is 0.382 e. The van der Waals surface area contributed by atoms with E-state index in [9.17, 15) is 0 Å². The molecule has 0 atom stereocenters. The van der Waals surface area contributed by atoms with Crippen LogP contribution in [0.4, 0.5) is 0 Å². The third-order valence-electron chi connectivity index (χ3n) is 1.46. The molecule has 0 aromatic heterocycles. The molecule has 3 heteroatoms. The van der Waals surface area contributed by atoms with E-state index in [1.165, 1.54) is 0 Å². The molecule has 0 radical (unpaired) electrons. The molecule has 0 aromatic rings. The van der Waals surface area contributed by atoms with Gasteiger partial charge in [-0.15, -0.1) is 0 Å². The summed E-state index contributed by atoms with van der Waals surface area (Å²) in [7, 11) is 3.43. The molecule has 13 heavy (non-hydrogen) atoms. The molecule has 0 saturated carbocycles. The summed E-state index contributed by atoms with van der Waals surface area (Å²) in [6.07, 6.45) is 4.95. The number of rotatable bonds is 7. The fourth-order valence-electron chi connectivity index (χ4n) is 0.909. The fraction of sp³-hybridized carbons (Fsp3) is 0.700. The molecule has 0 saturated heterocycles. The van der Waals surface area contributed by atoms with E-state index in [2.05, 4.69) is 18.0 Å². The standard InChI is InChI=1S/C10H19NO2/c1-4-5-10(8-11-2)9-13-7-6-12-3/h5,8H,4,6-7,9H2,1-3H3/b10-5+,11-8?. The molecule has 0 unspecified atom stereocenters. The highest BCUT2D eigenvalue weighted by atomic mass is 16.5. The summed E-state index contributed by atoms with van der Waals surface area (Å²) in [5, 5.41) is 0. The van der Waals surface area contributed by atoms with E-state index in [0.29, 0.717) is 19.8 Å². The zero-order valence-corrected chi connectivity index (χ0v) is 8.75. The zero-order valence-electron chi connectivity index (χ0n) is 8.75. The van der Waals surface area contributed by atoms with Gasteiger partial charge in [0, 0.05) is 20.4 Å². The van der Waals surface area contributed by atoms with E-state index in [-0.39, 0.29) is 0 Å². The first-order chi connectivity index (χ1) is 6.35. The first kappa shape index (κ1) is 12.3. The third kappa shape index (κ3) is 7.68. The minimum atomic E-state index is 0.620. The van der Waals surface area contributed by atoms with Gasteiger partial charge in [0.05, 0.1) is 19.8 Å². The number of hydrogen-bond donors (Lipinski definition) is 0. The molecule has 0 aromatic carbocycles. The maximum atomic E-state index is 5.36. The molecule has 0 bridgehead atoms. The Balaban J connectivity index is 3.64. The van der Waals surface area contributed by atoms with Crippen LogP contribution in [0, 0.1) is 0 Å². The number of ether oxygens (including phenoxy) is 2. The van der Waals surface area contributed by atoms with Crippen molar-refractivity contribution in [3.8, 4) is 0 Å². The molecule has 0 aliphatic heterocycles.